The lowest BCUT2D eigenvalue weighted by molar-refractivity contribution is -0.150. The molecule has 25 heavy (non-hydrogen) atoms. The molecule has 7 nitrogen and oxygen atoms in total. The number of nitrogens with two attached hydrogens (primary N) is 1. The number of carboxylic acids is 1. The lowest BCUT2D eigenvalue weighted by Gasteiger charge is -2.39. The van der Waals surface area contributed by atoms with Crippen LogP contribution in [0.25, 0.3) is 0 Å². The fraction of sp³-hybridized carbons (Fsp3) is 0.500. The largest absolute Gasteiger partial charge is 0.480 e. The van der Waals surface area contributed by atoms with Crippen molar-refractivity contribution in [1.29, 1.82) is 0 Å². The van der Waals surface area contributed by atoms with E-state index in [0.717, 1.165) is 18.4 Å². The zero-order valence-corrected chi connectivity index (χ0v) is 14.3. The third-order valence-electron chi connectivity index (χ3n) is 4.38. The number of aliphatic carboxylic acids is 1. The predicted octanol–water partition coefficient (Wildman–Crippen LogP) is 1.26. The Morgan fingerprint density at radius 3 is 2.68 bits per heavy atom. The molecule has 1 aliphatic rings. The van der Waals surface area contributed by atoms with Crippen molar-refractivity contribution in [3.05, 3.63) is 35.4 Å². The summed E-state index contributed by atoms with van der Waals surface area (Å²) in [5.41, 5.74) is 7.04. The molecule has 1 aliphatic heterocycles. The Bertz CT molecular complexity index is 646. The van der Waals surface area contributed by atoms with E-state index in [-0.39, 0.29) is 19.4 Å². The number of nitrogens with zero attached hydrogens (tertiary/aromatic N) is 1. The number of rotatable bonds is 8. The van der Waals surface area contributed by atoms with Crippen LogP contribution in [-0.4, -0.2) is 47.0 Å². The number of primary amides is 1. The molecule has 1 amide bonds. The maximum absolute atomic E-state index is 12.0. The van der Waals surface area contributed by atoms with Crippen LogP contribution in [0.15, 0.2) is 24.3 Å². The Balaban J connectivity index is 2.18. The number of fused-ring (bicyclic) bond motifs is 1. The van der Waals surface area contributed by atoms with Gasteiger partial charge in [-0.25, -0.2) is 0 Å². The van der Waals surface area contributed by atoms with Crippen molar-refractivity contribution >= 4 is 17.8 Å². The van der Waals surface area contributed by atoms with E-state index in [9.17, 15) is 19.5 Å². The highest BCUT2D eigenvalue weighted by Crippen LogP contribution is 2.33. The number of ether oxygens (including phenoxy) is 1. The normalized spacial score (nSPS) is 19.9. The van der Waals surface area contributed by atoms with Gasteiger partial charge in [-0.3, -0.25) is 19.3 Å². The van der Waals surface area contributed by atoms with Gasteiger partial charge in [0.15, 0.2) is 0 Å². The summed E-state index contributed by atoms with van der Waals surface area (Å²) in [4.78, 5) is 37.1. The molecule has 0 fully saturated rings. The minimum atomic E-state index is -1.04. The first kappa shape index (κ1) is 18.9. The quantitative estimate of drug-likeness (QED) is 0.540. The number of benzene rings is 1. The van der Waals surface area contributed by atoms with Gasteiger partial charge in [-0.2, -0.15) is 0 Å². The molecule has 0 aromatic heterocycles. The van der Waals surface area contributed by atoms with Crippen LogP contribution in [0.5, 0.6) is 0 Å². The first-order valence-electron chi connectivity index (χ1n) is 8.47. The van der Waals surface area contributed by atoms with E-state index in [4.69, 9.17) is 10.5 Å². The van der Waals surface area contributed by atoms with E-state index >= 15 is 0 Å². The van der Waals surface area contributed by atoms with Crippen molar-refractivity contribution in [2.24, 2.45) is 5.73 Å². The van der Waals surface area contributed by atoms with Crippen molar-refractivity contribution in [1.82, 2.24) is 4.90 Å². The number of carbonyl (C=O) groups is 3. The lowest BCUT2D eigenvalue weighted by atomic mass is 9.87. The van der Waals surface area contributed by atoms with Crippen LogP contribution in [0.2, 0.25) is 0 Å². The number of esters is 1. The zero-order valence-electron chi connectivity index (χ0n) is 14.3. The van der Waals surface area contributed by atoms with Crippen LogP contribution >= 0.6 is 0 Å². The Kier molecular flexibility index (Phi) is 6.52. The highest BCUT2D eigenvalue weighted by Gasteiger charge is 2.40. The van der Waals surface area contributed by atoms with Gasteiger partial charge in [0.25, 0.3) is 0 Å². The van der Waals surface area contributed by atoms with E-state index < -0.39 is 29.9 Å². The third-order valence-corrected chi connectivity index (χ3v) is 4.38. The summed E-state index contributed by atoms with van der Waals surface area (Å²) in [6.07, 6.45) is 1.98. The van der Waals surface area contributed by atoms with Crippen molar-refractivity contribution in [3.8, 4) is 0 Å². The van der Waals surface area contributed by atoms with Gasteiger partial charge in [0, 0.05) is 6.54 Å². The lowest BCUT2D eigenvalue weighted by Crippen LogP contribution is -2.52. The highest BCUT2D eigenvalue weighted by molar-refractivity contribution is 5.85. The SMILES string of the molecule is CCCCOC(=O)CCN1C(C(=O)O)Cc2ccccc2C1C(N)=O. The van der Waals surface area contributed by atoms with E-state index in [1.54, 1.807) is 24.3 Å². The van der Waals surface area contributed by atoms with E-state index in [1.165, 1.54) is 4.90 Å². The standard InChI is InChI=1S/C18H24N2O5/c1-2-3-10-25-15(21)8-9-20-14(18(23)24)11-12-6-4-5-7-13(12)16(20)17(19)22/h4-7,14,16H,2-3,8-11H2,1H3,(H2,19,22)(H,23,24). The molecule has 136 valence electrons. The number of carboxylic acid groups (broad SMARTS) is 1. The van der Waals surface area contributed by atoms with Crippen LogP contribution < -0.4 is 5.73 Å². The fourth-order valence-corrected chi connectivity index (χ4v) is 3.12. The second-order valence-corrected chi connectivity index (χ2v) is 6.12. The van der Waals surface area contributed by atoms with Gasteiger partial charge in [-0.15, -0.1) is 0 Å². The number of amides is 1. The number of carbonyl (C=O) groups excluding carboxylic acids is 2. The topological polar surface area (TPSA) is 110 Å². The summed E-state index contributed by atoms with van der Waals surface area (Å²) in [7, 11) is 0. The molecule has 2 unspecified atom stereocenters. The first-order chi connectivity index (χ1) is 12.0. The molecule has 0 radical (unpaired) electrons. The van der Waals surface area contributed by atoms with Gasteiger partial charge in [-0.1, -0.05) is 37.6 Å². The Labute approximate surface area is 146 Å². The van der Waals surface area contributed by atoms with Crippen molar-refractivity contribution in [3.63, 3.8) is 0 Å². The molecule has 0 spiro atoms. The molecule has 7 heteroatoms. The average Bonchev–Trinajstić information content (AvgIpc) is 2.58. The fourth-order valence-electron chi connectivity index (χ4n) is 3.12. The van der Waals surface area contributed by atoms with Crippen LogP contribution in [0.1, 0.15) is 43.4 Å². The minimum Gasteiger partial charge on any atom is -0.480 e. The monoisotopic (exact) mass is 348 g/mol. The maximum atomic E-state index is 12.0. The number of hydrogen-bond donors (Lipinski definition) is 2. The van der Waals surface area contributed by atoms with Crippen LogP contribution in [0.4, 0.5) is 0 Å². The zero-order chi connectivity index (χ0) is 18.4. The summed E-state index contributed by atoms with van der Waals surface area (Å²) in [6, 6.07) is 5.39. The summed E-state index contributed by atoms with van der Waals surface area (Å²) in [5.74, 6) is -2.07. The summed E-state index contributed by atoms with van der Waals surface area (Å²) >= 11 is 0. The van der Waals surface area contributed by atoms with Gasteiger partial charge in [0.2, 0.25) is 5.91 Å². The Morgan fingerprint density at radius 1 is 1.32 bits per heavy atom. The smallest absolute Gasteiger partial charge is 0.321 e. The van der Waals surface area contributed by atoms with Gasteiger partial charge < -0.3 is 15.6 Å². The number of hydrogen-bond acceptors (Lipinski definition) is 5. The Morgan fingerprint density at radius 2 is 2.04 bits per heavy atom. The molecule has 0 saturated carbocycles. The van der Waals surface area contributed by atoms with Crippen molar-refractivity contribution in [2.75, 3.05) is 13.2 Å². The molecule has 0 bridgehead atoms. The highest BCUT2D eigenvalue weighted by atomic mass is 16.5. The second-order valence-electron chi connectivity index (χ2n) is 6.12. The first-order valence-corrected chi connectivity index (χ1v) is 8.47. The van der Waals surface area contributed by atoms with Crippen molar-refractivity contribution < 1.29 is 24.2 Å². The molecular weight excluding hydrogens is 324 g/mol. The van der Waals surface area contributed by atoms with Crippen molar-refractivity contribution in [2.45, 2.75) is 44.7 Å². The third kappa shape index (κ3) is 4.57. The van der Waals surface area contributed by atoms with E-state index in [2.05, 4.69) is 0 Å². The van der Waals surface area contributed by atoms with E-state index in [0.29, 0.717) is 12.2 Å². The number of unbranched alkanes of at least 4 members (excludes halogenated alkanes) is 1. The molecule has 0 saturated heterocycles. The Hall–Kier alpha value is -2.41. The molecular formula is C18H24N2O5. The van der Waals surface area contributed by atoms with Crippen LogP contribution in [-0.2, 0) is 25.5 Å². The van der Waals surface area contributed by atoms with Gasteiger partial charge in [0.05, 0.1) is 13.0 Å². The van der Waals surface area contributed by atoms with Gasteiger partial charge in [-0.05, 0) is 24.0 Å². The minimum absolute atomic E-state index is 0.0133. The summed E-state index contributed by atoms with van der Waals surface area (Å²) < 4.78 is 5.11. The van der Waals surface area contributed by atoms with Gasteiger partial charge in [0.1, 0.15) is 12.1 Å². The molecule has 2 atom stereocenters. The predicted molar refractivity (Wildman–Crippen MR) is 90.7 cm³/mol. The summed E-state index contributed by atoms with van der Waals surface area (Å²) in [5, 5.41) is 9.56. The summed E-state index contributed by atoms with van der Waals surface area (Å²) in [6.45, 7) is 2.44. The molecule has 1 aromatic carbocycles. The molecule has 2 rings (SSSR count). The van der Waals surface area contributed by atoms with Crippen LogP contribution in [0.3, 0.4) is 0 Å². The average molecular weight is 348 g/mol. The van der Waals surface area contributed by atoms with Gasteiger partial charge >= 0.3 is 11.9 Å². The molecule has 1 heterocycles. The van der Waals surface area contributed by atoms with Crippen LogP contribution in [0, 0.1) is 0 Å². The van der Waals surface area contributed by atoms with E-state index in [1.807, 2.05) is 6.92 Å². The molecule has 1 aromatic rings. The molecule has 0 aliphatic carbocycles. The molecule has 3 N–H and O–H groups in total. The maximum Gasteiger partial charge on any atom is 0.321 e. The second kappa shape index (κ2) is 8.62.